The van der Waals surface area contributed by atoms with E-state index in [-0.39, 0.29) is 11.6 Å². The van der Waals surface area contributed by atoms with Gasteiger partial charge in [-0.25, -0.2) is 9.37 Å². The highest BCUT2D eigenvalue weighted by Gasteiger charge is 2.19. The van der Waals surface area contributed by atoms with E-state index in [1.54, 1.807) is 37.0 Å². The lowest BCUT2D eigenvalue weighted by atomic mass is 10.0. The number of hydrogen-bond acceptors (Lipinski definition) is 6. The molecule has 3 heterocycles. The Balaban J connectivity index is 1.59. The molecule has 7 nitrogen and oxygen atoms in total. The summed E-state index contributed by atoms with van der Waals surface area (Å²) in [5, 5.41) is 8.84. The fraction of sp³-hybridized carbons (Fsp3) is 0.261. The van der Waals surface area contributed by atoms with Gasteiger partial charge in [-0.3, -0.25) is 4.68 Å². The minimum absolute atomic E-state index is 0.230. The van der Waals surface area contributed by atoms with Crippen molar-refractivity contribution in [2.45, 2.75) is 40.3 Å². The standard InChI is InChI=1S/C23H23ClFN5O2/c1-12-20(25)6-5-19(24)22(12)15(4)31-21-7-16(8-27-23(21)26)17-9-28-30(10-17)11-18-13(2)29-32-14(18)3/h5-10,15H,11H2,1-4H3,(H2,26,27). The van der Waals surface area contributed by atoms with E-state index in [9.17, 15) is 4.39 Å². The molecule has 2 N–H and O–H groups in total. The predicted octanol–water partition coefficient (Wildman–Crippen LogP) is 5.42. The summed E-state index contributed by atoms with van der Waals surface area (Å²) < 4.78 is 27.1. The summed E-state index contributed by atoms with van der Waals surface area (Å²) in [6.45, 7) is 7.78. The molecule has 0 saturated carbocycles. The van der Waals surface area contributed by atoms with Gasteiger partial charge in [0.2, 0.25) is 0 Å². The molecule has 0 aliphatic rings. The highest BCUT2D eigenvalue weighted by Crippen LogP contribution is 2.34. The zero-order valence-corrected chi connectivity index (χ0v) is 18.9. The fourth-order valence-electron chi connectivity index (χ4n) is 3.61. The maximum atomic E-state index is 14.0. The second kappa shape index (κ2) is 8.63. The monoisotopic (exact) mass is 455 g/mol. The molecule has 0 spiro atoms. The summed E-state index contributed by atoms with van der Waals surface area (Å²) in [5.74, 6) is 1.04. The second-order valence-electron chi connectivity index (χ2n) is 7.66. The number of aryl methyl sites for hydroxylation is 2. The molecule has 0 saturated heterocycles. The van der Waals surface area contributed by atoms with Gasteiger partial charge in [0.25, 0.3) is 0 Å². The van der Waals surface area contributed by atoms with Crippen LogP contribution in [0.5, 0.6) is 5.75 Å². The van der Waals surface area contributed by atoms with E-state index in [4.69, 9.17) is 26.6 Å². The van der Waals surface area contributed by atoms with Crippen LogP contribution in [-0.4, -0.2) is 19.9 Å². The van der Waals surface area contributed by atoms with Crippen molar-refractivity contribution in [3.8, 4) is 16.9 Å². The van der Waals surface area contributed by atoms with Crippen molar-refractivity contribution >= 4 is 17.4 Å². The zero-order valence-electron chi connectivity index (χ0n) is 18.2. The Morgan fingerprint density at radius 3 is 2.72 bits per heavy atom. The lowest BCUT2D eigenvalue weighted by molar-refractivity contribution is 0.226. The van der Waals surface area contributed by atoms with Crippen LogP contribution in [0.2, 0.25) is 5.02 Å². The molecule has 0 amide bonds. The molecule has 0 bridgehead atoms. The van der Waals surface area contributed by atoms with Crippen molar-refractivity contribution < 1.29 is 13.7 Å². The van der Waals surface area contributed by atoms with Crippen LogP contribution >= 0.6 is 11.6 Å². The van der Waals surface area contributed by atoms with Gasteiger partial charge in [-0.2, -0.15) is 5.10 Å². The molecule has 0 fully saturated rings. The number of benzene rings is 1. The molecule has 166 valence electrons. The highest BCUT2D eigenvalue weighted by molar-refractivity contribution is 6.31. The fourth-order valence-corrected chi connectivity index (χ4v) is 3.97. The maximum Gasteiger partial charge on any atom is 0.166 e. The van der Waals surface area contributed by atoms with E-state index >= 15 is 0 Å². The third-order valence-electron chi connectivity index (χ3n) is 5.46. The molecule has 1 aromatic carbocycles. The van der Waals surface area contributed by atoms with Crippen LogP contribution < -0.4 is 10.5 Å². The van der Waals surface area contributed by atoms with Crippen molar-refractivity contribution in [3.05, 3.63) is 75.8 Å². The van der Waals surface area contributed by atoms with Gasteiger partial charge in [-0.1, -0.05) is 16.8 Å². The number of hydrogen-bond donors (Lipinski definition) is 1. The number of anilines is 1. The van der Waals surface area contributed by atoms with Gasteiger partial charge in [-0.05, 0) is 51.5 Å². The quantitative estimate of drug-likeness (QED) is 0.417. The number of nitrogens with two attached hydrogens (primary N) is 1. The van der Waals surface area contributed by atoms with Crippen molar-refractivity contribution in [1.29, 1.82) is 0 Å². The van der Waals surface area contributed by atoms with Gasteiger partial charge >= 0.3 is 0 Å². The van der Waals surface area contributed by atoms with Crippen LogP contribution in [0, 0.1) is 26.6 Å². The molecule has 0 aliphatic carbocycles. The Morgan fingerprint density at radius 1 is 1.22 bits per heavy atom. The minimum Gasteiger partial charge on any atom is -0.482 e. The van der Waals surface area contributed by atoms with Crippen LogP contribution in [0.3, 0.4) is 0 Å². The molecule has 0 aliphatic heterocycles. The molecule has 1 unspecified atom stereocenters. The number of nitrogen functional groups attached to an aromatic ring is 1. The van der Waals surface area contributed by atoms with Gasteiger partial charge in [-0.15, -0.1) is 0 Å². The van der Waals surface area contributed by atoms with Crippen LogP contribution in [0.1, 0.15) is 41.2 Å². The van der Waals surface area contributed by atoms with Crippen molar-refractivity contribution in [1.82, 2.24) is 19.9 Å². The van der Waals surface area contributed by atoms with Crippen molar-refractivity contribution in [3.63, 3.8) is 0 Å². The average molecular weight is 456 g/mol. The topological polar surface area (TPSA) is 92.0 Å². The van der Waals surface area contributed by atoms with Gasteiger partial charge in [0.05, 0.1) is 18.4 Å². The van der Waals surface area contributed by atoms with Gasteiger partial charge < -0.3 is 15.0 Å². The summed E-state index contributed by atoms with van der Waals surface area (Å²) in [7, 11) is 0. The molecule has 32 heavy (non-hydrogen) atoms. The van der Waals surface area contributed by atoms with Crippen LogP contribution in [0.15, 0.2) is 41.3 Å². The number of nitrogens with zero attached hydrogens (tertiary/aromatic N) is 4. The number of rotatable bonds is 6. The van der Waals surface area contributed by atoms with Gasteiger partial charge in [0.15, 0.2) is 11.6 Å². The molecule has 3 aromatic heterocycles. The third-order valence-corrected chi connectivity index (χ3v) is 5.79. The number of halogens is 2. The first-order chi connectivity index (χ1) is 15.2. The first kappa shape index (κ1) is 21.8. The SMILES string of the molecule is Cc1noc(C)c1Cn1cc(-c2cnc(N)c(OC(C)c3c(Cl)ccc(F)c3C)c2)cn1. The molecule has 4 rings (SSSR count). The summed E-state index contributed by atoms with van der Waals surface area (Å²) >= 11 is 6.30. The number of aromatic nitrogens is 4. The van der Waals surface area contributed by atoms with E-state index in [2.05, 4.69) is 15.2 Å². The van der Waals surface area contributed by atoms with E-state index in [1.807, 2.05) is 20.0 Å². The average Bonchev–Trinajstić information content (AvgIpc) is 3.35. The Morgan fingerprint density at radius 2 is 2.00 bits per heavy atom. The van der Waals surface area contributed by atoms with Crippen LogP contribution in [-0.2, 0) is 6.54 Å². The minimum atomic E-state index is -0.528. The Labute approximate surface area is 190 Å². The normalized spacial score (nSPS) is 12.2. The summed E-state index contributed by atoms with van der Waals surface area (Å²) in [6, 6.07) is 4.65. The predicted molar refractivity (Wildman–Crippen MR) is 120 cm³/mol. The van der Waals surface area contributed by atoms with E-state index in [1.165, 1.54) is 12.1 Å². The molecular formula is C23H23ClFN5O2. The molecule has 1 atom stereocenters. The number of pyridine rings is 1. The van der Waals surface area contributed by atoms with E-state index in [0.717, 1.165) is 28.1 Å². The first-order valence-corrected chi connectivity index (χ1v) is 10.4. The number of ether oxygens (including phenoxy) is 1. The van der Waals surface area contributed by atoms with E-state index < -0.39 is 6.10 Å². The van der Waals surface area contributed by atoms with Crippen LogP contribution in [0.25, 0.3) is 11.1 Å². The first-order valence-electron chi connectivity index (χ1n) is 10.1. The molecule has 4 aromatic rings. The summed E-state index contributed by atoms with van der Waals surface area (Å²) in [4.78, 5) is 4.26. The second-order valence-corrected chi connectivity index (χ2v) is 8.07. The van der Waals surface area contributed by atoms with Gasteiger partial charge in [0.1, 0.15) is 17.7 Å². The molecular weight excluding hydrogens is 433 g/mol. The van der Waals surface area contributed by atoms with Gasteiger partial charge in [0, 0.05) is 39.7 Å². The van der Waals surface area contributed by atoms with Crippen molar-refractivity contribution in [2.75, 3.05) is 5.73 Å². The molecule has 9 heteroatoms. The Hall–Kier alpha value is -3.39. The largest absolute Gasteiger partial charge is 0.482 e. The Bertz CT molecular complexity index is 1260. The lowest BCUT2D eigenvalue weighted by Crippen LogP contribution is -2.09. The van der Waals surface area contributed by atoms with Crippen molar-refractivity contribution in [2.24, 2.45) is 0 Å². The zero-order chi connectivity index (χ0) is 23.0. The maximum absolute atomic E-state index is 14.0. The molecule has 0 radical (unpaired) electrons. The summed E-state index contributed by atoms with van der Waals surface area (Å²) in [6.07, 6.45) is 4.77. The lowest BCUT2D eigenvalue weighted by Gasteiger charge is -2.20. The van der Waals surface area contributed by atoms with E-state index in [0.29, 0.717) is 28.4 Å². The smallest absolute Gasteiger partial charge is 0.166 e. The third kappa shape index (κ3) is 4.18. The Kier molecular flexibility index (Phi) is 5.88. The highest BCUT2D eigenvalue weighted by atomic mass is 35.5. The summed E-state index contributed by atoms with van der Waals surface area (Å²) in [5.41, 5.74) is 10.5. The van der Waals surface area contributed by atoms with Crippen LogP contribution in [0.4, 0.5) is 10.2 Å².